The summed E-state index contributed by atoms with van der Waals surface area (Å²) in [5.41, 5.74) is 8.40. The molecule has 264 valence electrons. The third kappa shape index (κ3) is 9.90. The third-order valence-corrected chi connectivity index (χ3v) is 8.64. The van der Waals surface area contributed by atoms with Crippen molar-refractivity contribution in [2.75, 3.05) is 18.5 Å². The zero-order chi connectivity index (χ0) is 36.1. The fourth-order valence-corrected chi connectivity index (χ4v) is 5.93. The number of thiazole rings is 1. The van der Waals surface area contributed by atoms with E-state index in [9.17, 15) is 4.79 Å². The first-order valence-corrected chi connectivity index (χ1v) is 18.0. The number of carbonyl (C=O) groups excluding carboxylic acids is 1. The predicted octanol–water partition coefficient (Wildman–Crippen LogP) is 9.93. The Morgan fingerprint density at radius 1 is 0.750 bits per heavy atom. The van der Waals surface area contributed by atoms with Gasteiger partial charge in [0.25, 0.3) is 5.91 Å². The summed E-state index contributed by atoms with van der Waals surface area (Å²) < 4.78 is 23.9. The van der Waals surface area contributed by atoms with Crippen LogP contribution in [0.1, 0.15) is 40.9 Å². The highest BCUT2D eigenvalue weighted by molar-refractivity contribution is 7.14. The van der Waals surface area contributed by atoms with Gasteiger partial charge in [-0.15, -0.1) is 11.3 Å². The minimum absolute atomic E-state index is 0.297. The fourth-order valence-electron chi connectivity index (χ4n) is 5.06. The van der Waals surface area contributed by atoms with E-state index in [-0.39, 0.29) is 5.91 Å². The van der Waals surface area contributed by atoms with Gasteiger partial charge in [-0.2, -0.15) is 5.10 Å². The Hall–Kier alpha value is -5.84. The molecule has 0 unspecified atom stereocenters. The molecule has 0 aliphatic heterocycles. The van der Waals surface area contributed by atoms with Gasteiger partial charge in [0.15, 0.2) is 28.1 Å². The van der Waals surface area contributed by atoms with Crippen molar-refractivity contribution >= 4 is 45.9 Å². The highest BCUT2D eigenvalue weighted by Crippen LogP contribution is 2.32. The molecule has 11 heteroatoms. The summed E-state index contributed by atoms with van der Waals surface area (Å²) in [5.74, 6) is 2.14. The second-order valence-electron chi connectivity index (χ2n) is 11.4. The average molecular weight is 733 g/mol. The van der Waals surface area contributed by atoms with E-state index in [1.807, 2.05) is 122 Å². The molecule has 0 fully saturated rings. The number of nitrogens with zero attached hydrogens (tertiary/aromatic N) is 2. The Morgan fingerprint density at radius 3 is 2.13 bits per heavy atom. The van der Waals surface area contributed by atoms with Crippen molar-refractivity contribution in [3.8, 4) is 34.3 Å². The summed E-state index contributed by atoms with van der Waals surface area (Å²) in [5, 5.41) is 10.8. The maximum absolute atomic E-state index is 12.8. The number of hydrogen-bond donors (Lipinski definition) is 2. The van der Waals surface area contributed by atoms with Crippen LogP contribution in [-0.2, 0) is 13.2 Å². The molecule has 6 rings (SSSR count). The second kappa shape index (κ2) is 17.9. The Morgan fingerprint density at radius 2 is 1.42 bits per heavy atom. The van der Waals surface area contributed by atoms with Crippen molar-refractivity contribution in [1.29, 1.82) is 0 Å². The molecule has 0 spiro atoms. The quantitative estimate of drug-likeness (QED) is 0.0754. The molecule has 9 nitrogen and oxygen atoms in total. The van der Waals surface area contributed by atoms with Crippen molar-refractivity contribution in [3.05, 3.63) is 148 Å². The topological polar surface area (TPSA) is 103 Å². The van der Waals surface area contributed by atoms with Gasteiger partial charge in [0.2, 0.25) is 0 Å². The van der Waals surface area contributed by atoms with Gasteiger partial charge in [0.05, 0.1) is 25.1 Å². The number of halogens is 1. The molecule has 0 radical (unpaired) electrons. The number of amides is 1. The van der Waals surface area contributed by atoms with E-state index in [4.69, 9.17) is 30.5 Å². The molecule has 2 N–H and O–H groups in total. The average Bonchev–Trinajstić information content (AvgIpc) is 3.64. The van der Waals surface area contributed by atoms with Crippen LogP contribution in [0.3, 0.4) is 0 Å². The molecule has 52 heavy (non-hydrogen) atoms. The molecule has 0 atom stereocenters. The number of hydrogen-bond acceptors (Lipinski definition) is 9. The van der Waals surface area contributed by atoms with Crippen LogP contribution >= 0.6 is 22.9 Å². The Kier molecular flexibility index (Phi) is 12.4. The van der Waals surface area contributed by atoms with E-state index >= 15 is 0 Å². The Bertz CT molecular complexity index is 2110. The maximum atomic E-state index is 12.8. The van der Waals surface area contributed by atoms with Gasteiger partial charge in [-0.25, -0.2) is 10.4 Å². The second-order valence-corrected chi connectivity index (χ2v) is 12.7. The molecular weight excluding hydrogens is 696 g/mol. The van der Waals surface area contributed by atoms with E-state index < -0.39 is 0 Å². The molecule has 0 saturated carbocycles. The van der Waals surface area contributed by atoms with Gasteiger partial charge in [-0.3, -0.25) is 4.79 Å². The number of rotatable bonds is 16. The van der Waals surface area contributed by atoms with E-state index in [2.05, 4.69) is 20.8 Å². The predicted molar refractivity (Wildman–Crippen MR) is 208 cm³/mol. The van der Waals surface area contributed by atoms with Gasteiger partial charge in [0.1, 0.15) is 13.2 Å². The van der Waals surface area contributed by atoms with Crippen LogP contribution in [0.4, 0.5) is 10.8 Å². The highest BCUT2D eigenvalue weighted by Gasteiger charge is 2.12. The first-order chi connectivity index (χ1) is 25.5. The maximum Gasteiger partial charge on any atom is 0.271 e. The highest BCUT2D eigenvalue weighted by atomic mass is 35.5. The summed E-state index contributed by atoms with van der Waals surface area (Å²) in [6, 6.07) is 35.9. The number of hydrazone groups is 1. The van der Waals surface area contributed by atoms with Crippen LogP contribution in [-0.4, -0.2) is 30.3 Å². The molecule has 0 saturated heterocycles. The van der Waals surface area contributed by atoms with Crippen molar-refractivity contribution in [1.82, 2.24) is 10.4 Å². The van der Waals surface area contributed by atoms with Crippen molar-refractivity contribution in [3.63, 3.8) is 0 Å². The van der Waals surface area contributed by atoms with Gasteiger partial charge in [-0.1, -0.05) is 60.1 Å². The van der Waals surface area contributed by atoms with E-state index in [1.165, 1.54) is 11.3 Å². The lowest BCUT2D eigenvalue weighted by Crippen LogP contribution is -2.17. The fraction of sp³-hybridized carbons (Fsp3) is 0.146. The summed E-state index contributed by atoms with van der Waals surface area (Å²) in [6.45, 7) is 5.55. The molecule has 5 aromatic carbocycles. The van der Waals surface area contributed by atoms with Crippen molar-refractivity contribution in [2.45, 2.75) is 27.1 Å². The monoisotopic (exact) mass is 732 g/mol. The van der Waals surface area contributed by atoms with Crippen LogP contribution in [0, 0.1) is 0 Å². The van der Waals surface area contributed by atoms with E-state index in [1.54, 1.807) is 18.3 Å². The number of nitrogens with one attached hydrogen (secondary N) is 2. The number of anilines is 2. The number of aromatic nitrogens is 1. The zero-order valence-corrected chi connectivity index (χ0v) is 30.2. The molecule has 0 aliphatic carbocycles. The van der Waals surface area contributed by atoms with E-state index in [0.717, 1.165) is 38.8 Å². The summed E-state index contributed by atoms with van der Waals surface area (Å²) in [6.07, 6.45) is 1.56. The summed E-state index contributed by atoms with van der Waals surface area (Å²) in [7, 11) is 0. The normalized spacial score (nSPS) is 10.9. The molecule has 1 amide bonds. The lowest BCUT2D eigenvalue weighted by molar-refractivity contribution is 0.0955. The largest absolute Gasteiger partial charge is 0.490 e. The summed E-state index contributed by atoms with van der Waals surface area (Å²) in [4.78, 5) is 17.5. The first kappa shape index (κ1) is 36.0. The minimum atomic E-state index is -0.334. The van der Waals surface area contributed by atoms with Gasteiger partial charge in [-0.05, 0) is 97.3 Å². The van der Waals surface area contributed by atoms with Crippen LogP contribution in [0.15, 0.2) is 126 Å². The third-order valence-electron chi connectivity index (χ3n) is 7.63. The Balaban J connectivity index is 1.03. The molecule has 1 heterocycles. The smallest absolute Gasteiger partial charge is 0.271 e. The number of ether oxygens (including phenoxy) is 4. The number of benzene rings is 5. The van der Waals surface area contributed by atoms with Crippen LogP contribution in [0.5, 0.6) is 23.0 Å². The molecular formula is C41H37ClN4O5S. The van der Waals surface area contributed by atoms with Crippen LogP contribution in [0.25, 0.3) is 11.3 Å². The molecule has 6 aromatic rings. The zero-order valence-electron chi connectivity index (χ0n) is 28.7. The van der Waals surface area contributed by atoms with Crippen molar-refractivity contribution < 1.29 is 23.7 Å². The van der Waals surface area contributed by atoms with E-state index in [0.29, 0.717) is 60.0 Å². The standard InChI is InChI=1S/C41H37ClN4O5S/c1-3-48-38-22-29(10-20-36(38)51-26-30-11-21-37(39(23-30)49-4-2)50-25-28-8-6-5-7-9-28)24-43-46-40(47)32-14-12-31(13-15-32)35-27-52-41(45-35)44-34-18-16-33(42)17-19-34/h5-24,27H,3-4,25-26H2,1-2H3,(H,44,45)(H,46,47)/b43-24-. The lowest BCUT2D eigenvalue weighted by Gasteiger charge is -2.15. The summed E-state index contributed by atoms with van der Waals surface area (Å²) >= 11 is 7.47. The SMILES string of the molecule is CCOc1cc(/C=N\NC(=O)c2ccc(-c3csc(Nc4ccc(Cl)cc4)n3)cc2)ccc1OCc1ccc(OCc2ccccc2)c(OCC)c1. The Labute approximate surface area is 311 Å². The van der Waals surface area contributed by atoms with Crippen molar-refractivity contribution in [2.24, 2.45) is 5.10 Å². The molecule has 0 aliphatic rings. The molecule has 0 bridgehead atoms. The van der Waals surface area contributed by atoms with Crippen LogP contribution in [0.2, 0.25) is 5.02 Å². The lowest BCUT2D eigenvalue weighted by atomic mass is 10.1. The van der Waals surface area contributed by atoms with Gasteiger partial charge < -0.3 is 24.3 Å². The molecule has 1 aromatic heterocycles. The minimum Gasteiger partial charge on any atom is -0.490 e. The van der Waals surface area contributed by atoms with Gasteiger partial charge in [0, 0.05) is 27.2 Å². The first-order valence-electron chi connectivity index (χ1n) is 16.7. The number of carbonyl (C=O) groups is 1. The van der Waals surface area contributed by atoms with Gasteiger partial charge >= 0.3 is 0 Å². The van der Waals surface area contributed by atoms with Crippen LogP contribution < -0.4 is 29.7 Å².